The van der Waals surface area contributed by atoms with Crippen molar-refractivity contribution in [2.75, 3.05) is 5.32 Å². The molecule has 4 rings (SSSR count). The zero-order valence-electron chi connectivity index (χ0n) is 11.0. The van der Waals surface area contributed by atoms with Gasteiger partial charge in [0.1, 0.15) is 5.76 Å². The van der Waals surface area contributed by atoms with Gasteiger partial charge in [0.25, 0.3) is 0 Å². The first-order chi connectivity index (χ1) is 9.56. The molecule has 1 aromatic rings. The highest BCUT2D eigenvalue weighted by Gasteiger charge is 2.45. The van der Waals surface area contributed by atoms with E-state index in [1.807, 2.05) is 12.2 Å². The normalized spacial score (nSPS) is 31.2. The summed E-state index contributed by atoms with van der Waals surface area (Å²) in [5.41, 5.74) is 0. The molecule has 0 saturated heterocycles. The number of allylic oxidation sites excluding steroid dienone is 2. The smallest absolute Gasteiger partial charge is 0.230 e. The standard InChI is InChI=1S/C14H16N2O4/c1-7-6-10(16-20-7)15-13(17)11-8-2-4-9(5-3-8)12(11)14(18)19/h2,4,6,8-9,11-12H,3,5H2,1H3,(H,18,19)(H,15,16,17)/p-1/t8-,9+,11-,12+/m1/s1. The molecule has 0 radical (unpaired) electrons. The summed E-state index contributed by atoms with van der Waals surface area (Å²) in [4.78, 5) is 23.7. The van der Waals surface area contributed by atoms with E-state index in [4.69, 9.17) is 4.52 Å². The predicted molar refractivity (Wildman–Crippen MR) is 67.2 cm³/mol. The van der Waals surface area contributed by atoms with Gasteiger partial charge in [0.05, 0.1) is 5.92 Å². The Labute approximate surface area is 115 Å². The first-order valence-corrected chi connectivity index (χ1v) is 6.69. The Bertz CT molecular complexity index is 577. The minimum absolute atomic E-state index is 0.0455. The third-order valence-electron chi connectivity index (χ3n) is 4.20. The zero-order chi connectivity index (χ0) is 14.3. The molecule has 6 heteroatoms. The molecule has 20 heavy (non-hydrogen) atoms. The molecule has 106 valence electrons. The maximum atomic E-state index is 12.4. The third kappa shape index (κ3) is 2.11. The van der Waals surface area contributed by atoms with Crippen molar-refractivity contribution in [2.45, 2.75) is 19.8 Å². The number of aryl methyl sites for hydroxylation is 1. The van der Waals surface area contributed by atoms with Gasteiger partial charge in [-0.15, -0.1) is 0 Å². The lowest BCUT2D eigenvalue weighted by molar-refractivity contribution is -0.316. The number of carboxylic acids is 1. The number of aromatic nitrogens is 1. The number of carbonyl (C=O) groups excluding carboxylic acids is 2. The molecule has 0 aliphatic heterocycles. The SMILES string of the molecule is Cc1cc(NC(=O)[C@H]2[C@@H](C(=O)[O-])[C@H]3C=C[C@@H]2CC3)no1. The van der Waals surface area contributed by atoms with E-state index < -0.39 is 17.8 Å². The quantitative estimate of drug-likeness (QED) is 0.810. The lowest BCUT2D eigenvalue weighted by Crippen LogP contribution is -2.51. The van der Waals surface area contributed by atoms with Gasteiger partial charge >= 0.3 is 0 Å². The molecule has 3 aliphatic carbocycles. The second-order valence-electron chi connectivity index (χ2n) is 5.47. The minimum Gasteiger partial charge on any atom is -0.550 e. The summed E-state index contributed by atoms with van der Waals surface area (Å²) in [6.07, 6.45) is 5.48. The van der Waals surface area contributed by atoms with Crippen LogP contribution in [0.5, 0.6) is 0 Å². The van der Waals surface area contributed by atoms with E-state index in [0.29, 0.717) is 11.6 Å². The summed E-state index contributed by atoms with van der Waals surface area (Å²) in [6.45, 7) is 1.72. The molecule has 1 fully saturated rings. The molecule has 1 heterocycles. The van der Waals surface area contributed by atoms with Gasteiger partial charge in [-0.1, -0.05) is 17.3 Å². The van der Waals surface area contributed by atoms with Crippen molar-refractivity contribution in [1.82, 2.24) is 5.16 Å². The molecule has 0 unspecified atom stereocenters. The molecule has 2 bridgehead atoms. The zero-order valence-corrected chi connectivity index (χ0v) is 11.0. The second kappa shape index (κ2) is 4.77. The van der Waals surface area contributed by atoms with Crippen LogP contribution in [0.1, 0.15) is 18.6 Å². The number of nitrogens with one attached hydrogen (secondary N) is 1. The van der Waals surface area contributed by atoms with Crippen LogP contribution in [0.4, 0.5) is 5.82 Å². The summed E-state index contributed by atoms with van der Waals surface area (Å²) < 4.78 is 4.88. The lowest BCUT2D eigenvalue weighted by Gasteiger charge is -2.44. The number of hydrogen-bond acceptors (Lipinski definition) is 5. The van der Waals surface area contributed by atoms with Gasteiger partial charge in [-0.2, -0.15) is 0 Å². The lowest BCUT2D eigenvalue weighted by atomic mass is 9.62. The maximum absolute atomic E-state index is 12.4. The van der Waals surface area contributed by atoms with Crippen LogP contribution in [0.2, 0.25) is 0 Å². The second-order valence-corrected chi connectivity index (χ2v) is 5.47. The van der Waals surface area contributed by atoms with Crippen molar-refractivity contribution in [1.29, 1.82) is 0 Å². The minimum atomic E-state index is -1.15. The Morgan fingerprint density at radius 2 is 1.95 bits per heavy atom. The number of anilines is 1. The first-order valence-electron chi connectivity index (χ1n) is 6.69. The van der Waals surface area contributed by atoms with Crippen LogP contribution in [0.25, 0.3) is 0 Å². The van der Waals surface area contributed by atoms with Crippen LogP contribution in [0.15, 0.2) is 22.7 Å². The Hall–Kier alpha value is -2.11. The number of fused-ring (bicyclic) bond motifs is 2. The molecule has 6 nitrogen and oxygen atoms in total. The number of aliphatic carboxylic acids is 1. The average Bonchev–Trinajstić information content (AvgIpc) is 2.84. The van der Waals surface area contributed by atoms with Crippen LogP contribution in [-0.2, 0) is 9.59 Å². The largest absolute Gasteiger partial charge is 0.550 e. The highest BCUT2D eigenvalue weighted by molar-refractivity contribution is 5.95. The fourth-order valence-electron chi connectivity index (χ4n) is 3.31. The molecule has 0 spiro atoms. The molecular formula is C14H15N2O4-. The van der Waals surface area contributed by atoms with Crippen molar-refractivity contribution < 1.29 is 19.2 Å². The number of carbonyl (C=O) groups is 2. The molecule has 4 atom stereocenters. The topological polar surface area (TPSA) is 95.3 Å². The van der Waals surface area contributed by atoms with E-state index in [9.17, 15) is 14.7 Å². The van der Waals surface area contributed by atoms with Gasteiger partial charge in [-0.3, -0.25) is 4.79 Å². The van der Waals surface area contributed by atoms with Gasteiger partial charge in [0.2, 0.25) is 5.91 Å². The van der Waals surface area contributed by atoms with E-state index >= 15 is 0 Å². The van der Waals surface area contributed by atoms with Gasteiger partial charge in [-0.25, -0.2) is 0 Å². The summed E-state index contributed by atoms with van der Waals surface area (Å²) in [7, 11) is 0. The van der Waals surface area contributed by atoms with Crippen molar-refractivity contribution in [3.8, 4) is 0 Å². The van der Waals surface area contributed by atoms with Gasteiger partial charge in [-0.05, 0) is 31.6 Å². The number of rotatable bonds is 3. The Morgan fingerprint density at radius 3 is 2.45 bits per heavy atom. The van der Waals surface area contributed by atoms with Crippen molar-refractivity contribution >= 4 is 17.7 Å². The summed E-state index contributed by atoms with van der Waals surface area (Å²) >= 11 is 0. The highest BCUT2D eigenvalue weighted by atomic mass is 16.5. The van der Waals surface area contributed by atoms with Crippen molar-refractivity contribution in [2.24, 2.45) is 23.7 Å². The van der Waals surface area contributed by atoms with Crippen LogP contribution < -0.4 is 10.4 Å². The molecule has 1 saturated carbocycles. The highest BCUT2D eigenvalue weighted by Crippen LogP contribution is 2.45. The fraction of sp³-hybridized carbons (Fsp3) is 0.500. The molecule has 0 aromatic carbocycles. The first kappa shape index (κ1) is 12.9. The number of carboxylic acid groups (broad SMARTS) is 1. The van der Waals surface area contributed by atoms with Gasteiger partial charge in [0.15, 0.2) is 5.82 Å². The summed E-state index contributed by atoms with van der Waals surface area (Å²) in [5.74, 6) is -2.09. The Morgan fingerprint density at radius 1 is 1.30 bits per heavy atom. The van der Waals surface area contributed by atoms with Crippen LogP contribution >= 0.6 is 0 Å². The third-order valence-corrected chi connectivity index (χ3v) is 4.20. The molecular weight excluding hydrogens is 260 g/mol. The summed E-state index contributed by atoms with van der Waals surface area (Å²) in [6, 6.07) is 1.60. The Balaban J connectivity index is 1.82. The maximum Gasteiger partial charge on any atom is 0.230 e. The van der Waals surface area contributed by atoms with Crippen molar-refractivity contribution in [3.63, 3.8) is 0 Å². The van der Waals surface area contributed by atoms with Crippen LogP contribution in [-0.4, -0.2) is 17.0 Å². The molecule has 1 N–H and O–H groups in total. The van der Waals surface area contributed by atoms with Crippen LogP contribution in [0.3, 0.4) is 0 Å². The summed E-state index contributed by atoms with van der Waals surface area (Å²) in [5, 5.41) is 17.7. The van der Waals surface area contributed by atoms with E-state index in [0.717, 1.165) is 12.8 Å². The molecule has 3 aliphatic rings. The predicted octanol–water partition coefficient (Wildman–Crippen LogP) is 0.500. The van der Waals surface area contributed by atoms with E-state index in [1.165, 1.54) is 0 Å². The fourth-order valence-corrected chi connectivity index (χ4v) is 3.31. The van der Waals surface area contributed by atoms with E-state index in [2.05, 4.69) is 10.5 Å². The van der Waals surface area contributed by atoms with E-state index in [1.54, 1.807) is 13.0 Å². The van der Waals surface area contributed by atoms with Crippen molar-refractivity contribution in [3.05, 3.63) is 24.0 Å². The average molecular weight is 275 g/mol. The van der Waals surface area contributed by atoms with Gasteiger partial charge < -0.3 is 19.7 Å². The molecule has 1 aromatic heterocycles. The van der Waals surface area contributed by atoms with Crippen LogP contribution in [0, 0.1) is 30.6 Å². The number of hydrogen-bond donors (Lipinski definition) is 1. The van der Waals surface area contributed by atoms with Gasteiger partial charge in [0, 0.05) is 18.0 Å². The molecule has 1 amide bonds. The number of amides is 1. The number of nitrogens with zero attached hydrogens (tertiary/aromatic N) is 1. The van der Waals surface area contributed by atoms with E-state index in [-0.39, 0.29) is 17.7 Å². The monoisotopic (exact) mass is 275 g/mol. The Kier molecular flexibility index (Phi) is 3.08.